The van der Waals surface area contributed by atoms with Gasteiger partial charge in [-0.15, -0.1) is 0 Å². The van der Waals surface area contributed by atoms with Gasteiger partial charge < -0.3 is 9.30 Å². The van der Waals surface area contributed by atoms with Gasteiger partial charge in [-0.05, 0) is 36.4 Å². The summed E-state index contributed by atoms with van der Waals surface area (Å²) in [6.07, 6.45) is 1.49. The molecule has 27 heavy (non-hydrogen) atoms. The summed E-state index contributed by atoms with van der Waals surface area (Å²) in [6, 6.07) is 20.3. The third-order valence-corrected chi connectivity index (χ3v) is 3.60. The number of amides is 2. The number of aromatic nitrogens is 1. The van der Waals surface area contributed by atoms with Crippen LogP contribution in [0.1, 0.15) is 10.4 Å². The first-order valence-corrected chi connectivity index (χ1v) is 8.19. The number of rotatable bonds is 5. The maximum Gasteiger partial charge on any atom is 0.269 e. The molecule has 3 rings (SSSR count). The van der Waals surface area contributed by atoms with Crippen molar-refractivity contribution >= 4 is 11.8 Å². The number of benzene rings is 2. The highest BCUT2D eigenvalue weighted by Gasteiger charge is 2.09. The third-order valence-electron chi connectivity index (χ3n) is 3.60. The van der Waals surface area contributed by atoms with E-state index in [1.165, 1.54) is 16.8 Å². The van der Waals surface area contributed by atoms with Crippen LogP contribution in [0, 0.1) is 0 Å². The van der Waals surface area contributed by atoms with Crippen molar-refractivity contribution in [2.45, 2.75) is 6.54 Å². The number of carbonyl (C=O) groups excluding carboxylic acids is 2. The average Bonchev–Trinajstić information content (AvgIpc) is 2.69. The van der Waals surface area contributed by atoms with Crippen LogP contribution < -0.4 is 21.1 Å². The molecule has 0 spiro atoms. The Morgan fingerprint density at radius 2 is 1.59 bits per heavy atom. The fourth-order valence-corrected chi connectivity index (χ4v) is 2.31. The fraction of sp³-hybridized carbons (Fsp3) is 0.0500. The molecule has 7 heteroatoms. The highest BCUT2D eigenvalue weighted by atomic mass is 16.5. The Labute approximate surface area is 155 Å². The van der Waals surface area contributed by atoms with Crippen molar-refractivity contribution in [3.05, 3.63) is 94.9 Å². The lowest BCUT2D eigenvalue weighted by atomic mass is 10.2. The Bertz CT molecular complexity index is 999. The number of carbonyl (C=O) groups is 2. The van der Waals surface area contributed by atoms with Crippen molar-refractivity contribution < 1.29 is 14.3 Å². The van der Waals surface area contributed by atoms with E-state index in [1.807, 2.05) is 18.2 Å². The van der Waals surface area contributed by atoms with Gasteiger partial charge in [0.15, 0.2) is 0 Å². The van der Waals surface area contributed by atoms with Crippen LogP contribution in [0.25, 0.3) is 0 Å². The molecule has 2 N–H and O–H groups in total. The molecule has 0 atom stereocenters. The number of hydrogen-bond acceptors (Lipinski definition) is 4. The zero-order valence-electron chi connectivity index (χ0n) is 14.3. The van der Waals surface area contributed by atoms with Crippen LogP contribution in [0.5, 0.6) is 11.5 Å². The third kappa shape index (κ3) is 5.05. The predicted octanol–water partition coefficient (Wildman–Crippen LogP) is 2.10. The van der Waals surface area contributed by atoms with Gasteiger partial charge in [-0.25, -0.2) is 0 Å². The summed E-state index contributed by atoms with van der Waals surface area (Å²) >= 11 is 0. The van der Waals surface area contributed by atoms with Gasteiger partial charge >= 0.3 is 0 Å². The first-order chi connectivity index (χ1) is 13.1. The first-order valence-electron chi connectivity index (χ1n) is 8.19. The van der Waals surface area contributed by atoms with Crippen molar-refractivity contribution in [2.24, 2.45) is 0 Å². The van der Waals surface area contributed by atoms with E-state index in [-0.39, 0.29) is 12.1 Å². The Kier molecular flexibility index (Phi) is 5.64. The molecule has 0 unspecified atom stereocenters. The van der Waals surface area contributed by atoms with Crippen LogP contribution >= 0.6 is 0 Å². The summed E-state index contributed by atoms with van der Waals surface area (Å²) in [6.45, 7) is -0.197. The largest absolute Gasteiger partial charge is 0.457 e. The summed E-state index contributed by atoms with van der Waals surface area (Å²) in [4.78, 5) is 35.7. The molecule has 7 nitrogen and oxygen atoms in total. The van der Waals surface area contributed by atoms with E-state index in [9.17, 15) is 14.4 Å². The second-order valence-corrected chi connectivity index (χ2v) is 5.61. The zero-order chi connectivity index (χ0) is 19.1. The van der Waals surface area contributed by atoms with Crippen LogP contribution in [0.4, 0.5) is 0 Å². The lowest BCUT2D eigenvalue weighted by Gasteiger charge is -2.10. The standard InChI is InChI=1S/C20H17N3O4/c24-18(14-23-12-5-4-11-19(23)25)21-22-20(26)15-7-6-10-17(13-15)27-16-8-2-1-3-9-16/h1-13H,14H2,(H,21,24)(H,22,26). The minimum absolute atomic E-state index is 0.197. The van der Waals surface area contributed by atoms with Gasteiger partial charge in [0.1, 0.15) is 18.0 Å². The number of ether oxygens (including phenoxy) is 1. The van der Waals surface area contributed by atoms with Gasteiger partial charge in [0.2, 0.25) is 0 Å². The maximum atomic E-state index is 12.2. The van der Waals surface area contributed by atoms with E-state index in [1.54, 1.807) is 48.5 Å². The molecule has 0 saturated carbocycles. The number of para-hydroxylation sites is 1. The van der Waals surface area contributed by atoms with Gasteiger partial charge in [0.25, 0.3) is 17.4 Å². The van der Waals surface area contributed by atoms with E-state index < -0.39 is 11.8 Å². The van der Waals surface area contributed by atoms with E-state index in [2.05, 4.69) is 10.9 Å². The average molecular weight is 363 g/mol. The molecule has 1 aromatic heterocycles. The van der Waals surface area contributed by atoms with Gasteiger partial charge in [-0.1, -0.05) is 30.3 Å². The molecular formula is C20H17N3O4. The van der Waals surface area contributed by atoms with Crippen LogP contribution in [-0.4, -0.2) is 16.4 Å². The van der Waals surface area contributed by atoms with Gasteiger partial charge in [-0.3, -0.25) is 25.2 Å². The topological polar surface area (TPSA) is 89.4 Å². The molecule has 0 radical (unpaired) electrons. The normalized spacial score (nSPS) is 10.1. The monoisotopic (exact) mass is 363 g/mol. The SMILES string of the molecule is O=C(Cn1ccccc1=O)NNC(=O)c1cccc(Oc2ccccc2)c1. The van der Waals surface area contributed by atoms with Crippen LogP contribution in [0.15, 0.2) is 83.8 Å². The summed E-state index contributed by atoms with van der Waals surface area (Å²) in [7, 11) is 0. The molecule has 136 valence electrons. The van der Waals surface area contributed by atoms with Crippen LogP contribution in [0.2, 0.25) is 0 Å². The molecule has 3 aromatic rings. The van der Waals surface area contributed by atoms with Gasteiger partial charge in [0.05, 0.1) is 0 Å². The molecule has 0 aliphatic rings. The van der Waals surface area contributed by atoms with Crippen molar-refractivity contribution in [3.8, 4) is 11.5 Å². The number of pyridine rings is 1. The van der Waals surface area contributed by atoms with Crippen LogP contribution in [-0.2, 0) is 11.3 Å². The summed E-state index contributed by atoms with van der Waals surface area (Å²) in [5, 5.41) is 0. The molecular weight excluding hydrogens is 346 g/mol. The maximum absolute atomic E-state index is 12.2. The zero-order valence-corrected chi connectivity index (χ0v) is 14.3. The number of hydrazine groups is 1. The van der Waals surface area contributed by atoms with Crippen molar-refractivity contribution in [3.63, 3.8) is 0 Å². The summed E-state index contributed by atoms with van der Waals surface area (Å²) in [5.41, 5.74) is 4.63. The molecule has 0 aliphatic carbocycles. The Hall–Kier alpha value is -3.87. The molecule has 2 aromatic carbocycles. The van der Waals surface area contributed by atoms with Crippen molar-refractivity contribution in [1.29, 1.82) is 0 Å². The highest BCUT2D eigenvalue weighted by molar-refractivity contribution is 5.95. The quantitative estimate of drug-likeness (QED) is 0.680. The van der Waals surface area contributed by atoms with Crippen LogP contribution in [0.3, 0.4) is 0 Å². The second kappa shape index (κ2) is 8.48. The van der Waals surface area contributed by atoms with E-state index in [4.69, 9.17) is 4.74 Å². The smallest absolute Gasteiger partial charge is 0.269 e. The second-order valence-electron chi connectivity index (χ2n) is 5.61. The Morgan fingerprint density at radius 1 is 0.852 bits per heavy atom. The van der Waals surface area contributed by atoms with Gasteiger partial charge in [-0.2, -0.15) is 0 Å². The first kappa shape index (κ1) is 17.9. The lowest BCUT2D eigenvalue weighted by Crippen LogP contribution is -2.44. The van der Waals surface area contributed by atoms with Gasteiger partial charge in [0, 0.05) is 17.8 Å². The molecule has 0 bridgehead atoms. The molecule has 0 saturated heterocycles. The Morgan fingerprint density at radius 3 is 2.37 bits per heavy atom. The van der Waals surface area contributed by atoms with E-state index >= 15 is 0 Å². The Balaban J connectivity index is 1.58. The summed E-state index contributed by atoms with van der Waals surface area (Å²) in [5.74, 6) is 0.128. The fourth-order valence-electron chi connectivity index (χ4n) is 2.31. The molecule has 2 amide bonds. The number of nitrogens with zero attached hydrogens (tertiary/aromatic N) is 1. The molecule has 1 heterocycles. The minimum atomic E-state index is -0.520. The predicted molar refractivity (Wildman–Crippen MR) is 99.3 cm³/mol. The highest BCUT2D eigenvalue weighted by Crippen LogP contribution is 2.21. The van der Waals surface area contributed by atoms with Crippen molar-refractivity contribution in [1.82, 2.24) is 15.4 Å². The number of hydrogen-bond donors (Lipinski definition) is 2. The van der Waals surface area contributed by atoms with E-state index in [0.29, 0.717) is 17.1 Å². The van der Waals surface area contributed by atoms with Crippen molar-refractivity contribution in [2.75, 3.05) is 0 Å². The summed E-state index contributed by atoms with van der Waals surface area (Å²) < 4.78 is 6.91. The molecule has 0 fully saturated rings. The lowest BCUT2D eigenvalue weighted by molar-refractivity contribution is -0.122. The molecule has 0 aliphatic heterocycles. The minimum Gasteiger partial charge on any atom is -0.457 e. The number of nitrogens with one attached hydrogen (secondary N) is 2. The van der Waals surface area contributed by atoms with E-state index in [0.717, 1.165) is 0 Å².